The summed E-state index contributed by atoms with van der Waals surface area (Å²) in [6, 6.07) is 15.5. The first-order valence-corrected chi connectivity index (χ1v) is 12.5. The van der Waals surface area contributed by atoms with Crippen LogP contribution in [0, 0.1) is 18.3 Å². The van der Waals surface area contributed by atoms with Gasteiger partial charge < -0.3 is 24.4 Å². The summed E-state index contributed by atoms with van der Waals surface area (Å²) in [7, 11) is 1.60. The van der Waals surface area contributed by atoms with Gasteiger partial charge >= 0.3 is 0 Å². The molecule has 2 atom stereocenters. The van der Waals surface area contributed by atoms with Crippen molar-refractivity contribution in [1.29, 1.82) is 5.26 Å². The first-order valence-electron chi connectivity index (χ1n) is 12.5. The molecule has 194 valence electrons. The van der Waals surface area contributed by atoms with Crippen molar-refractivity contribution >= 4 is 28.2 Å². The van der Waals surface area contributed by atoms with Crippen LogP contribution in [0.1, 0.15) is 30.7 Å². The zero-order chi connectivity index (χ0) is 26.6. The second-order valence-electron chi connectivity index (χ2n) is 9.45. The van der Waals surface area contributed by atoms with Crippen molar-refractivity contribution < 1.29 is 14.2 Å². The topological polar surface area (TPSA) is 105 Å². The fourth-order valence-electron chi connectivity index (χ4n) is 4.57. The molecule has 2 aromatic carbocycles. The number of hydrogen-bond donors (Lipinski definition) is 1. The van der Waals surface area contributed by atoms with Crippen molar-refractivity contribution in [2.45, 2.75) is 39.6 Å². The van der Waals surface area contributed by atoms with E-state index in [4.69, 9.17) is 19.2 Å². The minimum Gasteiger partial charge on any atom is -0.493 e. The number of aryl methyl sites for hydroxylation is 1. The van der Waals surface area contributed by atoms with Crippen molar-refractivity contribution in [3.05, 3.63) is 71.7 Å². The highest BCUT2D eigenvalue weighted by molar-refractivity contribution is 5.89. The summed E-state index contributed by atoms with van der Waals surface area (Å²) in [4.78, 5) is 15.9. The van der Waals surface area contributed by atoms with Gasteiger partial charge in [-0.15, -0.1) is 0 Å². The molecule has 1 saturated heterocycles. The second kappa shape index (κ2) is 10.9. The molecule has 9 heteroatoms. The number of nitrogens with one attached hydrogen (secondary N) is 1. The van der Waals surface area contributed by atoms with Gasteiger partial charge in [0.15, 0.2) is 11.5 Å². The number of aromatic nitrogens is 3. The molecule has 0 aliphatic carbocycles. The number of pyridine rings is 1. The highest BCUT2D eigenvalue weighted by atomic mass is 16.5. The average Bonchev–Trinajstić information content (AvgIpc) is 2.92. The Labute approximate surface area is 222 Å². The number of morpholine rings is 1. The van der Waals surface area contributed by atoms with Crippen LogP contribution in [0.4, 0.5) is 17.2 Å². The van der Waals surface area contributed by atoms with Crippen LogP contribution in [0.2, 0.25) is 0 Å². The number of ether oxygens (including phenoxy) is 3. The zero-order valence-electron chi connectivity index (χ0n) is 21.9. The molecule has 0 spiro atoms. The van der Waals surface area contributed by atoms with Crippen LogP contribution in [0.3, 0.4) is 0 Å². The van der Waals surface area contributed by atoms with Gasteiger partial charge in [-0.3, -0.25) is 9.97 Å². The van der Waals surface area contributed by atoms with Crippen LogP contribution < -0.4 is 19.7 Å². The number of nitriles is 1. The van der Waals surface area contributed by atoms with Gasteiger partial charge in [0, 0.05) is 42.3 Å². The quantitative estimate of drug-likeness (QED) is 0.361. The van der Waals surface area contributed by atoms with Crippen LogP contribution in [0.15, 0.2) is 54.9 Å². The SMILES string of the molecule is COc1cc(Nc2ccc3ncc(N4CC(C)O[C@H](C)C4)nc3c2C#N)ccc1OCc1ccc(C)nc1. The van der Waals surface area contributed by atoms with Crippen molar-refractivity contribution in [3.63, 3.8) is 0 Å². The van der Waals surface area contributed by atoms with Gasteiger partial charge in [0.1, 0.15) is 29.6 Å². The first kappa shape index (κ1) is 25.2. The van der Waals surface area contributed by atoms with E-state index in [-0.39, 0.29) is 12.2 Å². The van der Waals surface area contributed by atoms with Gasteiger partial charge in [-0.05, 0) is 51.1 Å². The third-order valence-corrected chi connectivity index (χ3v) is 6.37. The Kier molecular flexibility index (Phi) is 7.24. The minimum absolute atomic E-state index is 0.0928. The number of hydrogen-bond acceptors (Lipinski definition) is 9. The van der Waals surface area contributed by atoms with Crippen molar-refractivity contribution in [2.24, 2.45) is 0 Å². The van der Waals surface area contributed by atoms with Gasteiger partial charge in [0.25, 0.3) is 0 Å². The average molecular weight is 511 g/mol. The predicted octanol–water partition coefficient (Wildman–Crippen LogP) is 5.15. The predicted molar refractivity (Wildman–Crippen MR) is 146 cm³/mol. The molecule has 3 heterocycles. The number of rotatable bonds is 7. The van der Waals surface area contributed by atoms with E-state index in [0.29, 0.717) is 40.4 Å². The highest BCUT2D eigenvalue weighted by Gasteiger charge is 2.24. The number of anilines is 3. The summed E-state index contributed by atoms with van der Waals surface area (Å²) < 4.78 is 17.4. The van der Waals surface area contributed by atoms with Crippen LogP contribution in [0.5, 0.6) is 11.5 Å². The Morgan fingerprint density at radius 3 is 2.58 bits per heavy atom. The smallest absolute Gasteiger partial charge is 0.162 e. The molecule has 4 aromatic rings. The lowest BCUT2D eigenvalue weighted by Crippen LogP contribution is -2.45. The van der Waals surface area contributed by atoms with E-state index in [1.165, 1.54) is 0 Å². The van der Waals surface area contributed by atoms with Crippen LogP contribution in [0.25, 0.3) is 11.0 Å². The lowest BCUT2D eigenvalue weighted by Gasteiger charge is -2.35. The molecule has 1 unspecified atom stereocenters. The van der Waals surface area contributed by atoms with Gasteiger partial charge in [0.05, 0.1) is 36.7 Å². The molecule has 0 amide bonds. The van der Waals surface area contributed by atoms with Crippen molar-refractivity contribution in [1.82, 2.24) is 15.0 Å². The Morgan fingerprint density at radius 1 is 1.05 bits per heavy atom. The van der Waals surface area contributed by atoms with E-state index in [2.05, 4.69) is 26.3 Å². The number of nitrogens with zero attached hydrogens (tertiary/aromatic N) is 5. The molecular formula is C29H30N6O3. The number of benzene rings is 2. The molecular weight excluding hydrogens is 480 g/mol. The van der Waals surface area contributed by atoms with Gasteiger partial charge in [-0.1, -0.05) is 6.07 Å². The van der Waals surface area contributed by atoms with Crippen LogP contribution in [-0.4, -0.2) is 47.4 Å². The van der Waals surface area contributed by atoms with E-state index < -0.39 is 0 Å². The molecule has 5 rings (SSSR count). The summed E-state index contributed by atoms with van der Waals surface area (Å²) in [6.45, 7) is 7.86. The molecule has 1 aliphatic heterocycles. The minimum atomic E-state index is 0.0928. The Hall–Kier alpha value is -4.42. The van der Waals surface area contributed by atoms with E-state index in [1.54, 1.807) is 19.5 Å². The number of methoxy groups -OCH3 is 1. The molecule has 38 heavy (non-hydrogen) atoms. The monoisotopic (exact) mass is 510 g/mol. The van der Waals surface area contributed by atoms with Crippen molar-refractivity contribution in [3.8, 4) is 17.6 Å². The second-order valence-corrected chi connectivity index (χ2v) is 9.45. The highest BCUT2D eigenvalue weighted by Crippen LogP contribution is 2.34. The first-order chi connectivity index (χ1) is 18.4. The third kappa shape index (κ3) is 5.45. The summed E-state index contributed by atoms with van der Waals surface area (Å²) in [6.07, 6.45) is 3.75. The summed E-state index contributed by atoms with van der Waals surface area (Å²) >= 11 is 0. The van der Waals surface area contributed by atoms with E-state index in [9.17, 15) is 5.26 Å². The normalized spacial score (nSPS) is 17.2. The summed E-state index contributed by atoms with van der Waals surface area (Å²) in [5.74, 6) is 1.93. The Balaban J connectivity index is 1.39. The van der Waals surface area contributed by atoms with E-state index >= 15 is 0 Å². The molecule has 1 aliphatic rings. The van der Waals surface area contributed by atoms with Crippen LogP contribution >= 0.6 is 0 Å². The van der Waals surface area contributed by atoms with Gasteiger partial charge in [-0.2, -0.15) is 5.26 Å². The standard InChI is InChI=1S/C29H30N6O3/c1-18-5-6-21(13-31-18)17-37-26-10-7-22(11-27(26)36-4)33-24-8-9-25-29(23(24)12-30)34-28(14-32-25)35-15-19(2)38-20(3)16-35/h5-11,13-14,19-20,33H,15-17H2,1-4H3/t19-,20?/m1/s1. The van der Waals surface area contributed by atoms with Crippen molar-refractivity contribution in [2.75, 3.05) is 30.4 Å². The fourth-order valence-corrected chi connectivity index (χ4v) is 4.57. The van der Waals surface area contributed by atoms with Crippen LogP contribution in [-0.2, 0) is 11.3 Å². The van der Waals surface area contributed by atoms with Gasteiger partial charge in [-0.25, -0.2) is 4.98 Å². The zero-order valence-corrected chi connectivity index (χ0v) is 21.9. The molecule has 0 saturated carbocycles. The molecule has 1 fully saturated rings. The van der Waals surface area contributed by atoms with E-state index in [0.717, 1.165) is 35.9 Å². The molecule has 2 aromatic heterocycles. The maximum Gasteiger partial charge on any atom is 0.162 e. The third-order valence-electron chi connectivity index (χ3n) is 6.37. The molecule has 9 nitrogen and oxygen atoms in total. The maximum atomic E-state index is 10.1. The summed E-state index contributed by atoms with van der Waals surface area (Å²) in [5.41, 5.74) is 4.96. The summed E-state index contributed by atoms with van der Waals surface area (Å²) in [5, 5.41) is 13.4. The lowest BCUT2D eigenvalue weighted by molar-refractivity contribution is -0.00546. The van der Waals surface area contributed by atoms with E-state index in [1.807, 2.05) is 63.2 Å². The molecule has 1 N–H and O–H groups in total. The molecule has 0 radical (unpaired) electrons. The van der Waals surface area contributed by atoms with Gasteiger partial charge in [0.2, 0.25) is 0 Å². The maximum absolute atomic E-state index is 10.1. The molecule has 0 bridgehead atoms. The largest absolute Gasteiger partial charge is 0.493 e. The lowest BCUT2D eigenvalue weighted by atomic mass is 10.1. The number of fused-ring (bicyclic) bond motifs is 1. The fraction of sp³-hybridized carbons (Fsp3) is 0.310. The Bertz CT molecular complexity index is 1470. The Morgan fingerprint density at radius 2 is 1.87 bits per heavy atom.